The molecule has 1 aliphatic rings. The number of nitrogens with zero attached hydrogens (tertiary/aromatic N) is 2. The van der Waals surface area contributed by atoms with Gasteiger partial charge >= 0.3 is 6.03 Å². The van der Waals surface area contributed by atoms with E-state index >= 15 is 0 Å². The number of carbonyl (C=O) groups is 4. The Balaban J connectivity index is 1.69. The number of benzene rings is 2. The first-order valence-electron chi connectivity index (χ1n) is 10.7. The highest BCUT2D eigenvalue weighted by molar-refractivity contribution is 6.09. The molecule has 1 atom stereocenters. The Labute approximate surface area is 192 Å². The molecule has 2 N–H and O–H groups in total. The van der Waals surface area contributed by atoms with E-state index in [0.717, 1.165) is 4.90 Å². The van der Waals surface area contributed by atoms with Crippen LogP contribution in [0.1, 0.15) is 25.8 Å². The van der Waals surface area contributed by atoms with E-state index < -0.39 is 35.8 Å². The molecule has 33 heavy (non-hydrogen) atoms. The first kappa shape index (κ1) is 23.8. The van der Waals surface area contributed by atoms with Crippen LogP contribution < -0.4 is 15.4 Å². The highest BCUT2D eigenvalue weighted by atomic mass is 16.5. The summed E-state index contributed by atoms with van der Waals surface area (Å²) in [5, 5.41) is 5.42. The van der Waals surface area contributed by atoms with Gasteiger partial charge in [-0.2, -0.15) is 0 Å². The largest absolute Gasteiger partial charge is 0.495 e. The number of nitrogens with one attached hydrogen (secondary N) is 2. The van der Waals surface area contributed by atoms with Crippen molar-refractivity contribution < 1.29 is 23.9 Å². The van der Waals surface area contributed by atoms with Gasteiger partial charge in [-0.15, -0.1) is 0 Å². The average molecular weight is 453 g/mol. The third kappa shape index (κ3) is 5.14. The summed E-state index contributed by atoms with van der Waals surface area (Å²) in [5.74, 6) is -0.916. The molecule has 1 unspecified atom stereocenters. The molecule has 0 saturated carbocycles. The molecule has 3 rings (SSSR count). The lowest BCUT2D eigenvalue weighted by atomic mass is 9.92. The fourth-order valence-electron chi connectivity index (χ4n) is 3.72. The molecule has 0 aromatic heterocycles. The molecular formula is C24H28N4O5. The lowest BCUT2D eigenvalue weighted by Gasteiger charge is -2.25. The Bertz CT molecular complexity index is 1040. The monoisotopic (exact) mass is 452 g/mol. The van der Waals surface area contributed by atoms with Crippen molar-refractivity contribution in [2.24, 2.45) is 0 Å². The number of amides is 5. The van der Waals surface area contributed by atoms with Gasteiger partial charge in [-0.05, 0) is 31.0 Å². The quantitative estimate of drug-likeness (QED) is 0.568. The molecule has 9 heteroatoms. The number of rotatable bonds is 9. The number of imide groups is 1. The van der Waals surface area contributed by atoms with Crippen LogP contribution in [0.2, 0.25) is 0 Å². The Hall–Kier alpha value is -3.88. The number of carbonyl (C=O) groups excluding carboxylic acids is 4. The van der Waals surface area contributed by atoms with Gasteiger partial charge in [0, 0.05) is 6.54 Å². The highest BCUT2D eigenvalue weighted by Crippen LogP contribution is 2.28. The van der Waals surface area contributed by atoms with Crippen LogP contribution in [-0.4, -0.2) is 60.3 Å². The predicted octanol–water partition coefficient (Wildman–Crippen LogP) is 2.34. The van der Waals surface area contributed by atoms with Gasteiger partial charge in [0.2, 0.25) is 11.8 Å². The molecule has 2 aromatic carbocycles. The molecule has 5 amide bonds. The minimum atomic E-state index is -1.25. The summed E-state index contributed by atoms with van der Waals surface area (Å²) in [5.41, 5.74) is -0.142. The third-order valence-electron chi connectivity index (χ3n) is 5.48. The Morgan fingerprint density at radius 1 is 1.09 bits per heavy atom. The van der Waals surface area contributed by atoms with Gasteiger partial charge in [-0.1, -0.05) is 49.4 Å². The van der Waals surface area contributed by atoms with Gasteiger partial charge in [-0.3, -0.25) is 19.3 Å². The van der Waals surface area contributed by atoms with Crippen molar-refractivity contribution in [3.8, 4) is 5.75 Å². The Morgan fingerprint density at radius 2 is 1.76 bits per heavy atom. The van der Waals surface area contributed by atoms with E-state index in [1.54, 1.807) is 55.5 Å². The average Bonchev–Trinajstić information content (AvgIpc) is 3.03. The summed E-state index contributed by atoms with van der Waals surface area (Å²) < 4.78 is 5.23. The maximum atomic E-state index is 13.1. The number of hydrogen-bond acceptors (Lipinski definition) is 5. The minimum absolute atomic E-state index is 0.218. The van der Waals surface area contributed by atoms with Gasteiger partial charge < -0.3 is 20.3 Å². The summed E-state index contributed by atoms with van der Waals surface area (Å²) >= 11 is 0. The van der Waals surface area contributed by atoms with Crippen LogP contribution in [0, 0.1) is 0 Å². The zero-order chi connectivity index (χ0) is 24.0. The van der Waals surface area contributed by atoms with Crippen molar-refractivity contribution in [2.75, 3.05) is 32.1 Å². The predicted molar refractivity (Wildman–Crippen MR) is 123 cm³/mol. The second-order valence-corrected chi connectivity index (χ2v) is 7.88. The lowest BCUT2D eigenvalue weighted by molar-refractivity contribution is -0.140. The van der Waals surface area contributed by atoms with Crippen LogP contribution >= 0.6 is 0 Å². The molecule has 1 fully saturated rings. The molecule has 0 bridgehead atoms. The third-order valence-corrected chi connectivity index (χ3v) is 5.48. The molecule has 174 valence electrons. The molecule has 0 radical (unpaired) electrons. The van der Waals surface area contributed by atoms with Crippen molar-refractivity contribution in [2.45, 2.75) is 25.8 Å². The van der Waals surface area contributed by atoms with Crippen molar-refractivity contribution in [3.63, 3.8) is 0 Å². The second-order valence-electron chi connectivity index (χ2n) is 7.88. The topological polar surface area (TPSA) is 108 Å². The number of urea groups is 1. The van der Waals surface area contributed by atoms with E-state index in [0.29, 0.717) is 30.0 Å². The Morgan fingerprint density at radius 3 is 2.42 bits per heavy atom. The molecule has 1 heterocycles. The molecule has 1 aliphatic heterocycles. The fraction of sp³-hybridized carbons (Fsp3) is 0.333. The van der Waals surface area contributed by atoms with Crippen LogP contribution in [0.25, 0.3) is 0 Å². The number of anilines is 1. The van der Waals surface area contributed by atoms with Crippen molar-refractivity contribution in [3.05, 3.63) is 60.2 Å². The van der Waals surface area contributed by atoms with Crippen LogP contribution in [0.15, 0.2) is 54.6 Å². The zero-order valence-corrected chi connectivity index (χ0v) is 19.0. The first-order chi connectivity index (χ1) is 15.8. The maximum absolute atomic E-state index is 13.1. The van der Waals surface area contributed by atoms with Gasteiger partial charge in [0.15, 0.2) is 0 Å². The van der Waals surface area contributed by atoms with E-state index in [9.17, 15) is 19.2 Å². The summed E-state index contributed by atoms with van der Waals surface area (Å²) in [6.45, 7) is 3.12. The smallest absolute Gasteiger partial charge is 0.325 e. The van der Waals surface area contributed by atoms with Crippen molar-refractivity contribution in [1.29, 1.82) is 0 Å². The summed E-state index contributed by atoms with van der Waals surface area (Å²) in [6.07, 6.45) is 0.607. The van der Waals surface area contributed by atoms with Crippen LogP contribution in [-0.2, 0) is 19.9 Å². The summed E-state index contributed by atoms with van der Waals surface area (Å²) in [4.78, 5) is 53.4. The van der Waals surface area contributed by atoms with E-state index in [4.69, 9.17) is 4.74 Å². The van der Waals surface area contributed by atoms with E-state index in [1.165, 1.54) is 12.0 Å². The van der Waals surface area contributed by atoms with Crippen LogP contribution in [0.5, 0.6) is 5.75 Å². The highest BCUT2D eigenvalue weighted by Gasteiger charge is 2.49. The number of para-hydroxylation sites is 2. The molecule has 2 aromatic rings. The van der Waals surface area contributed by atoms with Crippen LogP contribution in [0.3, 0.4) is 0 Å². The van der Waals surface area contributed by atoms with Crippen molar-refractivity contribution in [1.82, 2.24) is 15.1 Å². The second kappa shape index (κ2) is 10.2. The molecular weight excluding hydrogens is 424 g/mol. The number of hydrogen-bond donors (Lipinski definition) is 2. The Kier molecular flexibility index (Phi) is 7.32. The minimum Gasteiger partial charge on any atom is -0.495 e. The number of methoxy groups -OCH3 is 1. The summed E-state index contributed by atoms with van der Waals surface area (Å²) in [6, 6.07) is 15.2. The van der Waals surface area contributed by atoms with E-state index in [-0.39, 0.29) is 6.54 Å². The first-order valence-corrected chi connectivity index (χ1v) is 10.7. The molecule has 9 nitrogen and oxygen atoms in total. The molecule has 0 aliphatic carbocycles. The van der Waals surface area contributed by atoms with Gasteiger partial charge in [0.25, 0.3) is 5.91 Å². The van der Waals surface area contributed by atoms with Crippen molar-refractivity contribution >= 4 is 29.4 Å². The van der Waals surface area contributed by atoms with E-state index in [1.807, 2.05) is 13.0 Å². The lowest BCUT2D eigenvalue weighted by Crippen LogP contribution is -2.46. The van der Waals surface area contributed by atoms with Gasteiger partial charge in [0.1, 0.15) is 17.8 Å². The standard InChI is InChI=1S/C24H28N4O5/c1-4-14-27(15-20(29)25-18-12-8-9-13-19(18)33-3)21(30)16-28-22(31)24(2,26-23(28)32)17-10-6-5-7-11-17/h5-13H,4,14-16H2,1-3H3,(H,25,29)(H,26,32). The normalized spacial score (nSPS) is 17.5. The summed E-state index contributed by atoms with van der Waals surface area (Å²) in [7, 11) is 1.50. The molecule has 1 saturated heterocycles. The zero-order valence-electron chi connectivity index (χ0n) is 19.0. The van der Waals surface area contributed by atoms with E-state index in [2.05, 4.69) is 10.6 Å². The maximum Gasteiger partial charge on any atom is 0.325 e. The van der Waals surface area contributed by atoms with Gasteiger partial charge in [0.05, 0.1) is 19.3 Å². The molecule has 0 spiro atoms. The SMILES string of the molecule is CCCN(CC(=O)Nc1ccccc1OC)C(=O)CN1C(=O)NC(C)(c2ccccc2)C1=O. The number of ether oxygens (including phenoxy) is 1. The van der Waals surface area contributed by atoms with Gasteiger partial charge in [-0.25, -0.2) is 4.79 Å². The fourth-order valence-corrected chi connectivity index (χ4v) is 3.72. The van der Waals surface area contributed by atoms with Crippen LogP contribution in [0.4, 0.5) is 10.5 Å².